The standard InChI is InChI=1S/C18H17ClN6O2S/c1-9-3-11(12-4-15(19)22-8-14(12)27-2)13(7-21-9)16(26)23-18-25-24-17(28-18)10-5-20-6-10/h3-4,7-8,10,20H,5-6H2,1-2H3,(H,23,25,26). The number of halogens is 1. The van der Waals surface area contributed by atoms with Gasteiger partial charge in [0.05, 0.1) is 18.9 Å². The number of aromatic nitrogens is 4. The molecule has 1 saturated heterocycles. The smallest absolute Gasteiger partial charge is 0.259 e. The predicted octanol–water partition coefficient (Wildman–Crippen LogP) is 2.90. The third-order valence-electron chi connectivity index (χ3n) is 4.42. The van der Waals surface area contributed by atoms with Crippen LogP contribution in [-0.4, -0.2) is 46.3 Å². The van der Waals surface area contributed by atoms with E-state index in [4.69, 9.17) is 16.3 Å². The van der Waals surface area contributed by atoms with Crippen molar-refractivity contribution in [1.82, 2.24) is 25.5 Å². The highest BCUT2D eigenvalue weighted by Gasteiger charge is 2.24. The molecule has 0 spiro atoms. The van der Waals surface area contributed by atoms with E-state index < -0.39 is 0 Å². The van der Waals surface area contributed by atoms with Crippen LogP contribution in [0.25, 0.3) is 11.1 Å². The van der Waals surface area contributed by atoms with Crippen molar-refractivity contribution in [2.45, 2.75) is 12.8 Å². The minimum Gasteiger partial charge on any atom is -0.494 e. The minimum absolute atomic E-state index is 0.305. The molecule has 4 rings (SSSR count). The quantitative estimate of drug-likeness (QED) is 0.616. The fourth-order valence-electron chi connectivity index (χ4n) is 2.83. The fraction of sp³-hybridized carbons (Fsp3) is 0.278. The Hall–Kier alpha value is -2.62. The highest BCUT2D eigenvalue weighted by molar-refractivity contribution is 7.15. The van der Waals surface area contributed by atoms with E-state index in [1.54, 1.807) is 13.2 Å². The van der Waals surface area contributed by atoms with Gasteiger partial charge in [0, 0.05) is 42.0 Å². The van der Waals surface area contributed by atoms with Crippen LogP contribution in [0, 0.1) is 6.92 Å². The summed E-state index contributed by atoms with van der Waals surface area (Å²) in [6, 6.07) is 3.48. The maximum absolute atomic E-state index is 13.0. The van der Waals surface area contributed by atoms with E-state index in [0.29, 0.717) is 38.6 Å². The summed E-state index contributed by atoms with van der Waals surface area (Å²) in [6.45, 7) is 3.62. The second-order valence-corrected chi connectivity index (χ2v) is 7.73. The van der Waals surface area contributed by atoms with Gasteiger partial charge in [-0.25, -0.2) is 4.98 Å². The molecule has 0 atom stereocenters. The molecule has 0 unspecified atom stereocenters. The van der Waals surface area contributed by atoms with Crippen LogP contribution in [-0.2, 0) is 0 Å². The van der Waals surface area contributed by atoms with Gasteiger partial charge in [-0.15, -0.1) is 10.2 Å². The van der Waals surface area contributed by atoms with Gasteiger partial charge in [-0.2, -0.15) is 0 Å². The number of amides is 1. The van der Waals surface area contributed by atoms with Gasteiger partial charge in [-0.3, -0.25) is 15.1 Å². The maximum Gasteiger partial charge on any atom is 0.259 e. The lowest BCUT2D eigenvalue weighted by Gasteiger charge is -2.23. The van der Waals surface area contributed by atoms with E-state index >= 15 is 0 Å². The molecule has 10 heteroatoms. The zero-order valence-corrected chi connectivity index (χ0v) is 16.8. The number of carbonyl (C=O) groups excluding carboxylic acids is 1. The molecule has 4 heterocycles. The molecule has 0 saturated carbocycles. The van der Waals surface area contributed by atoms with Crippen molar-refractivity contribution in [2.75, 3.05) is 25.5 Å². The Morgan fingerprint density at radius 3 is 2.79 bits per heavy atom. The molecule has 28 heavy (non-hydrogen) atoms. The summed E-state index contributed by atoms with van der Waals surface area (Å²) in [5.74, 6) is 0.551. The van der Waals surface area contributed by atoms with Crippen molar-refractivity contribution < 1.29 is 9.53 Å². The number of hydrogen-bond acceptors (Lipinski definition) is 8. The molecule has 2 N–H and O–H groups in total. The van der Waals surface area contributed by atoms with Crippen LogP contribution in [0.15, 0.2) is 24.5 Å². The molecule has 8 nitrogen and oxygen atoms in total. The number of carbonyl (C=O) groups is 1. The van der Waals surface area contributed by atoms with Gasteiger partial charge >= 0.3 is 0 Å². The zero-order valence-electron chi connectivity index (χ0n) is 15.2. The molecule has 0 aliphatic carbocycles. The monoisotopic (exact) mass is 416 g/mol. The molecule has 1 aliphatic heterocycles. The highest BCUT2D eigenvalue weighted by Crippen LogP contribution is 2.34. The molecule has 0 aromatic carbocycles. The van der Waals surface area contributed by atoms with Gasteiger partial charge in [-0.05, 0) is 19.1 Å². The number of aryl methyl sites for hydroxylation is 1. The zero-order chi connectivity index (χ0) is 19.7. The topological polar surface area (TPSA) is 102 Å². The van der Waals surface area contributed by atoms with Gasteiger partial charge < -0.3 is 10.1 Å². The van der Waals surface area contributed by atoms with Crippen molar-refractivity contribution in [2.24, 2.45) is 0 Å². The Morgan fingerprint density at radius 2 is 2.07 bits per heavy atom. The first-order valence-corrected chi connectivity index (χ1v) is 9.76. The molecule has 144 valence electrons. The molecule has 3 aromatic heterocycles. The molecule has 0 bridgehead atoms. The molecule has 1 aliphatic rings. The summed E-state index contributed by atoms with van der Waals surface area (Å²) in [5.41, 5.74) is 2.46. The number of anilines is 1. The van der Waals surface area contributed by atoms with Crippen molar-refractivity contribution in [3.8, 4) is 16.9 Å². The van der Waals surface area contributed by atoms with Gasteiger partial charge in [0.2, 0.25) is 5.13 Å². The number of nitrogens with one attached hydrogen (secondary N) is 2. The van der Waals surface area contributed by atoms with Gasteiger partial charge in [0.1, 0.15) is 15.9 Å². The van der Waals surface area contributed by atoms with Crippen molar-refractivity contribution in [1.29, 1.82) is 0 Å². The van der Waals surface area contributed by atoms with E-state index in [1.807, 2.05) is 13.0 Å². The molecule has 0 radical (unpaired) electrons. The second-order valence-electron chi connectivity index (χ2n) is 6.33. The number of ether oxygens (including phenoxy) is 1. The normalized spacial score (nSPS) is 13.8. The largest absolute Gasteiger partial charge is 0.494 e. The first-order valence-electron chi connectivity index (χ1n) is 8.57. The number of methoxy groups -OCH3 is 1. The Bertz CT molecular complexity index is 1040. The summed E-state index contributed by atoms with van der Waals surface area (Å²) in [6.07, 6.45) is 3.06. The van der Waals surface area contributed by atoms with Crippen molar-refractivity contribution >= 4 is 34.0 Å². The Labute approximate surface area is 170 Å². The molecular formula is C18H17ClN6O2S. The number of rotatable bonds is 5. The van der Waals surface area contributed by atoms with E-state index in [2.05, 4.69) is 30.8 Å². The Morgan fingerprint density at radius 1 is 1.25 bits per heavy atom. The highest BCUT2D eigenvalue weighted by atomic mass is 35.5. The van der Waals surface area contributed by atoms with Crippen LogP contribution in [0.2, 0.25) is 5.15 Å². The van der Waals surface area contributed by atoms with Crippen LogP contribution in [0.4, 0.5) is 5.13 Å². The lowest BCUT2D eigenvalue weighted by Crippen LogP contribution is -2.39. The van der Waals surface area contributed by atoms with Gasteiger partial charge in [-0.1, -0.05) is 22.9 Å². The maximum atomic E-state index is 13.0. The van der Waals surface area contributed by atoms with Crippen LogP contribution >= 0.6 is 22.9 Å². The van der Waals surface area contributed by atoms with Crippen LogP contribution in [0.3, 0.4) is 0 Å². The minimum atomic E-state index is -0.327. The lowest BCUT2D eigenvalue weighted by molar-refractivity contribution is 0.102. The number of hydrogen-bond donors (Lipinski definition) is 2. The van der Waals surface area contributed by atoms with Crippen molar-refractivity contribution in [3.63, 3.8) is 0 Å². The average molecular weight is 417 g/mol. The van der Waals surface area contributed by atoms with Crippen LogP contribution in [0.5, 0.6) is 5.75 Å². The molecule has 1 fully saturated rings. The van der Waals surface area contributed by atoms with Crippen LogP contribution in [0.1, 0.15) is 27.0 Å². The summed E-state index contributed by atoms with van der Waals surface area (Å²) in [4.78, 5) is 21.3. The van der Waals surface area contributed by atoms with E-state index in [1.165, 1.54) is 23.7 Å². The van der Waals surface area contributed by atoms with E-state index in [-0.39, 0.29) is 5.91 Å². The summed E-state index contributed by atoms with van der Waals surface area (Å²) in [7, 11) is 1.54. The average Bonchev–Trinajstić information content (AvgIpc) is 3.07. The second kappa shape index (κ2) is 7.78. The first kappa shape index (κ1) is 18.7. The molecule has 3 aromatic rings. The van der Waals surface area contributed by atoms with Crippen molar-refractivity contribution in [3.05, 3.63) is 45.9 Å². The van der Waals surface area contributed by atoms with E-state index in [9.17, 15) is 4.79 Å². The molecular weight excluding hydrogens is 400 g/mol. The number of nitrogens with zero attached hydrogens (tertiary/aromatic N) is 4. The lowest BCUT2D eigenvalue weighted by atomic mass is 10.0. The van der Waals surface area contributed by atoms with Crippen LogP contribution < -0.4 is 15.4 Å². The van der Waals surface area contributed by atoms with E-state index in [0.717, 1.165) is 23.8 Å². The first-order chi connectivity index (χ1) is 13.5. The summed E-state index contributed by atoms with van der Waals surface area (Å²) < 4.78 is 5.40. The molecule has 1 amide bonds. The third-order valence-corrected chi connectivity index (χ3v) is 5.63. The SMILES string of the molecule is COc1cnc(Cl)cc1-c1cc(C)ncc1C(=O)Nc1nnc(C2CNC2)s1. The summed E-state index contributed by atoms with van der Waals surface area (Å²) in [5, 5.41) is 16.0. The fourth-order valence-corrected chi connectivity index (χ4v) is 3.83. The predicted molar refractivity (Wildman–Crippen MR) is 107 cm³/mol. The third kappa shape index (κ3) is 3.68. The Balaban J connectivity index is 1.67. The van der Waals surface area contributed by atoms with Gasteiger partial charge in [0.15, 0.2) is 0 Å². The Kier molecular flexibility index (Phi) is 5.21. The summed E-state index contributed by atoms with van der Waals surface area (Å²) >= 11 is 7.46. The van der Waals surface area contributed by atoms with Gasteiger partial charge in [0.25, 0.3) is 5.91 Å². The number of pyridine rings is 2.